The Kier molecular flexibility index (Phi) is 3.29. The van der Waals surface area contributed by atoms with Crippen LogP contribution in [0.1, 0.15) is 5.69 Å². The maximum atomic E-state index is 5.81. The van der Waals surface area contributed by atoms with Crippen molar-refractivity contribution in [2.45, 2.75) is 6.54 Å². The zero-order valence-electron chi connectivity index (χ0n) is 9.29. The molecule has 2 rings (SSSR count). The van der Waals surface area contributed by atoms with Crippen molar-refractivity contribution in [2.24, 2.45) is 0 Å². The molecule has 0 fully saturated rings. The van der Waals surface area contributed by atoms with Crippen molar-refractivity contribution in [3.8, 4) is 5.88 Å². The Labute approximate surface area is 98.1 Å². The fraction of sp³-hybridized carbons (Fsp3) is 0.200. The smallest absolute Gasteiger partial charge is 0.242 e. The summed E-state index contributed by atoms with van der Waals surface area (Å²) >= 11 is 0. The molecule has 2 heterocycles. The standard InChI is InChI=1S/C10H12N6O/c1-17-10-8(11)9(13-6-14-10)12-5-7-3-2-4-15-16-7/h2-4,6H,5,11H2,1H3,(H,12,13,14). The minimum absolute atomic E-state index is 0.349. The summed E-state index contributed by atoms with van der Waals surface area (Å²) in [5.74, 6) is 0.865. The number of nitrogens with zero attached hydrogens (tertiary/aromatic N) is 4. The first kappa shape index (κ1) is 11.1. The summed E-state index contributed by atoms with van der Waals surface area (Å²) in [6.07, 6.45) is 3.00. The average Bonchev–Trinajstić information content (AvgIpc) is 2.39. The molecule has 0 saturated heterocycles. The summed E-state index contributed by atoms with van der Waals surface area (Å²) in [6, 6.07) is 3.67. The zero-order valence-corrected chi connectivity index (χ0v) is 9.29. The molecule has 0 unspecified atom stereocenters. The highest BCUT2D eigenvalue weighted by molar-refractivity contribution is 5.66. The van der Waals surface area contributed by atoms with Crippen LogP contribution in [0.3, 0.4) is 0 Å². The van der Waals surface area contributed by atoms with Gasteiger partial charge in [-0.15, -0.1) is 0 Å². The first-order chi connectivity index (χ1) is 8.31. The number of hydrogen-bond acceptors (Lipinski definition) is 7. The number of hydrogen-bond donors (Lipinski definition) is 2. The average molecular weight is 232 g/mol. The van der Waals surface area contributed by atoms with E-state index in [0.717, 1.165) is 5.69 Å². The molecule has 0 aromatic carbocycles. The van der Waals surface area contributed by atoms with Gasteiger partial charge in [0, 0.05) is 6.20 Å². The Balaban J connectivity index is 2.09. The summed E-state index contributed by atoms with van der Waals surface area (Å²) < 4.78 is 4.99. The van der Waals surface area contributed by atoms with E-state index in [4.69, 9.17) is 10.5 Å². The maximum Gasteiger partial charge on any atom is 0.242 e. The molecule has 7 nitrogen and oxygen atoms in total. The SMILES string of the molecule is COc1ncnc(NCc2cccnn2)c1N. The van der Waals surface area contributed by atoms with Crippen LogP contribution in [0.2, 0.25) is 0 Å². The number of nitrogens with two attached hydrogens (primary N) is 1. The Morgan fingerprint density at radius 2 is 2.29 bits per heavy atom. The number of aromatic nitrogens is 4. The molecule has 0 amide bonds. The van der Waals surface area contributed by atoms with Crippen LogP contribution in [-0.2, 0) is 6.54 Å². The summed E-state index contributed by atoms with van der Waals surface area (Å²) in [7, 11) is 1.51. The van der Waals surface area contributed by atoms with E-state index in [9.17, 15) is 0 Å². The zero-order chi connectivity index (χ0) is 12.1. The third-order valence-electron chi connectivity index (χ3n) is 2.11. The van der Waals surface area contributed by atoms with E-state index < -0.39 is 0 Å². The maximum absolute atomic E-state index is 5.81. The van der Waals surface area contributed by atoms with E-state index >= 15 is 0 Å². The fourth-order valence-corrected chi connectivity index (χ4v) is 1.28. The molecule has 3 N–H and O–H groups in total. The van der Waals surface area contributed by atoms with Crippen LogP contribution in [0, 0.1) is 0 Å². The third-order valence-corrected chi connectivity index (χ3v) is 2.11. The molecule has 0 radical (unpaired) electrons. The molecule has 2 aromatic rings. The van der Waals surface area contributed by atoms with Crippen LogP contribution >= 0.6 is 0 Å². The van der Waals surface area contributed by atoms with Gasteiger partial charge in [0.25, 0.3) is 0 Å². The summed E-state index contributed by atoms with van der Waals surface area (Å²) in [5.41, 5.74) is 6.98. The lowest BCUT2D eigenvalue weighted by atomic mass is 10.4. The van der Waals surface area contributed by atoms with Crippen LogP contribution < -0.4 is 15.8 Å². The van der Waals surface area contributed by atoms with Crippen molar-refractivity contribution in [1.82, 2.24) is 20.2 Å². The second-order valence-electron chi connectivity index (χ2n) is 3.21. The highest BCUT2D eigenvalue weighted by Crippen LogP contribution is 2.23. The van der Waals surface area contributed by atoms with Gasteiger partial charge >= 0.3 is 0 Å². The van der Waals surface area contributed by atoms with Gasteiger partial charge in [-0.3, -0.25) is 0 Å². The highest BCUT2D eigenvalue weighted by atomic mass is 16.5. The van der Waals surface area contributed by atoms with Crippen LogP contribution in [0.15, 0.2) is 24.7 Å². The van der Waals surface area contributed by atoms with Crippen LogP contribution in [0.4, 0.5) is 11.5 Å². The number of nitrogen functional groups attached to an aromatic ring is 1. The monoisotopic (exact) mass is 232 g/mol. The van der Waals surface area contributed by atoms with Gasteiger partial charge in [0.2, 0.25) is 5.88 Å². The lowest BCUT2D eigenvalue weighted by molar-refractivity contribution is 0.399. The van der Waals surface area contributed by atoms with E-state index in [1.54, 1.807) is 6.20 Å². The minimum Gasteiger partial charge on any atom is -0.479 e. The van der Waals surface area contributed by atoms with Gasteiger partial charge < -0.3 is 15.8 Å². The first-order valence-corrected chi connectivity index (χ1v) is 4.96. The third kappa shape index (κ3) is 2.57. The molecular formula is C10H12N6O. The van der Waals surface area contributed by atoms with Crippen LogP contribution in [0.5, 0.6) is 5.88 Å². The number of rotatable bonds is 4. The van der Waals surface area contributed by atoms with Crippen molar-refractivity contribution in [2.75, 3.05) is 18.2 Å². The molecule has 88 valence electrons. The topological polar surface area (TPSA) is 98.8 Å². The van der Waals surface area contributed by atoms with E-state index in [1.807, 2.05) is 12.1 Å². The Bertz CT molecular complexity index is 489. The lowest BCUT2D eigenvalue weighted by Crippen LogP contribution is -2.08. The Hall–Kier alpha value is -2.44. The van der Waals surface area contributed by atoms with Gasteiger partial charge in [-0.05, 0) is 12.1 Å². The predicted molar refractivity (Wildman–Crippen MR) is 62.4 cm³/mol. The predicted octanol–water partition coefficient (Wildman–Crippen LogP) is 0.469. The lowest BCUT2D eigenvalue weighted by Gasteiger charge is -2.09. The van der Waals surface area contributed by atoms with E-state index in [0.29, 0.717) is 23.9 Å². The van der Waals surface area contributed by atoms with Crippen LogP contribution in [-0.4, -0.2) is 27.3 Å². The second-order valence-corrected chi connectivity index (χ2v) is 3.21. The van der Waals surface area contributed by atoms with Crippen molar-refractivity contribution in [1.29, 1.82) is 0 Å². The fourth-order valence-electron chi connectivity index (χ4n) is 1.28. The normalized spacial score (nSPS) is 9.94. The molecule has 0 spiro atoms. The Morgan fingerprint density at radius 3 is 3.00 bits per heavy atom. The van der Waals surface area contributed by atoms with E-state index in [2.05, 4.69) is 25.5 Å². The van der Waals surface area contributed by atoms with Crippen molar-refractivity contribution >= 4 is 11.5 Å². The summed E-state index contributed by atoms with van der Waals surface area (Å²) in [5, 5.41) is 10.8. The van der Waals surface area contributed by atoms with Gasteiger partial charge in [-0.1, -0.05) is 0 Å². The van der Waals surface area contributed by atoms with E-state index in [1.165, 1.54) is 13.4 Å². The molecule has 2 aromatic heterocycles. The molecule has 0 atom stereocenters. The number of ether oxygens (including phenoxy) is 1. The molecule has 17 heavy (non-hydrogen) atoms. The largest absolute Gasteiger partial charge is 0.479 e. The number of methoxy groups -OCH3 is 1. The van der Waals surface area contributed by atoms with Crippen molar-refractivity contribution < 1.29 is 4.74 Å². The molecule has 0 aliphatic heterocycles. The van der Waals surface area contributed by atoms with Gasteiger partial charge in [0.15, 0.2) is 5.82 Å². The Morgan fingerprint density at radius 1 is 1.41 bits per heavy atom. The molecule has 7 heteroatoms. The second kappa shape index (κ2) is 5.06. The summed E-state index contributed by atoms with van der Waals surface area (Å²) in [6.45, 7) is 0.484. The van der Waals surface area contributed by atoms with Gasteiger partial charge in [0.05, 0.1) is 19.3 Å². The number of nitrogens with one attached hydrogen (secondary N) is 1. The minimum atomic E-state index is 0.349. The summed E-state index contributed by atoms with van der Waals surface area (Å²) in [4.78, 5) is 7.91. The molecule has 0 aliphatic rings. The molecular weight excluding hydrogens is 220 g/mol. The van der Waals surface area contributed by atoms with Gasteiger partial charge in [-0.25, -0.2) is 4.98 Å². The molecule has 0 bridgehead atoms. The highest BCUT2D eigenvalue weighted by Gasteiger charge is 2.07. The van der Waals surface area contributed by atoms with Gasteiger partial charge in [0.1, 0.15) is 12.0 Å². The molecule has 0 aliphatic carbocycles. The first-order valence-electron chi connectivity index (χ1n) is 4.96. The van der Waals surface area contributed by atoms with Gasteiger partial charge in [-0.2, -0.15) is 15.2 Å². The quantitative estimate of drug-likeness (QED) is 0.790. The molecule has 0 saturated carbocycles. The van der Waals surface area contributed by atoms with E-state index in [-0.39, 0.29) is 0 Å². The number of anilines is 2. The van der Waals surface area contributed by atoms with Crippen molar-refractivity contribution in [3.05, 3.63) is 30.4 Å². The van der Waals surface area contributed by atoms with Crippen LogP contribution in [0.25, 0.3) is 0 Å². The van der Waals surface area contributed by atoms with Crippen molar-refractivity contribution in [3.63, 3.8) is 0 Å².